The van der Waals surface area contributed by atoms with E-state index in [4.69, 9.17) is 23.2 Å². The zero-order valence-corrected chi connectivity index (χ0v) is 12.0. The van der Waals surface area contributed by atoms with Crippen LogP contribution in [0.5, 0.6) is 0 Å². The molecule has 0 bridgehead atoms. The number of rotatable bonds is 6. The van der Waals surface area contributed by atoms with Crippen molar-refractivity contribution >= 4 is 34.9 Å². The van der Waals surface area contributed by atoms with Crippen molar-refractivity contribution in [3.8, 4) is 0 Å². The van der Waals surface area contributed by atoms with E-state index in [2.05, 4.69) is 15.6 Å². The minimum absolute atomic E-state index is 0.0157. The molecule has 4 nitrogen and oxygen atoms in total. The molecule has 0 saturated carbocycles. The highest BCUT2D eigenvalue weighted by Gasteiger charge is 2.06. The maximum atomic E-state index is 11.5. The summed E-state index contributed by atoms with van der Waals surface area (Å²) in [7, 11) is 0. The zero-order valence-electron chi connectivity index (χ0n) is 10.5. The van der Waals surface area contributed by atoms with Gasteiger partial charge in [0.2, 0.25) is 5.91 Å². The van der Waals surface area contributed by atoms with Gasteiger partial charge in [-0.05, 0) is 19.4 Å². The van der Waals surface area contributed by atoms with Crippen LogP contribution in [-0.2, 0) is 4.79 Å². The van der Waals surface area contributed by atoms with Crippen molar-refractivity contribution in [3.05, 3.63) is 22.3 Å². The van der Waals surface area contributed by atoms with E-state index >= 15 is 0 Å². The predicted octanol–water partition coefficient (Wildman–Crippen LogP) is 3.11. The normalized spacial score (nSPS) is 12.0. The van der Waals surface area contributed by atoms with E-state index in [0.29, 0.717) is 28.8 Å². The average molecular weight is 290 g/mol. The van der Waals surface area contributed by atoms with Crippen molar-refractivity contribution in [2.45, 2.75) is 32.7 Å². The second-order valence-electron chi connectivity index (χ2n) is 4.04. The van der Waals surface area contributed by atoms with Gasteiger partial charge >= 0.3 is 0 Å². The molecule has 1 unspecified atom stereocenters. The molecule has 0 spiro atoms. The lowest BCUT2D eigenvalue weighted by Gasteiger charge is -2.12. The third-order valence-electron chi connectivity index (χ3n) is 2.47. The molecule has 18 heavy (non-hydrogen) atoms. The van der Waals surface area contributed by atoms with Gasteiger partial charge in [0.05, 0.1) is 10.0 Å². The van der Waals surface area contributed by atoms with Gasteiger partial charge < -0.3 is 10.6 Å². The standard InChI is InChI=1S/C12H17Cl2N3O/c1-3-8(2)17-11(18)4-5-15-12-10(14)6-9(13)7-16-12/h6-8H,3-5H2,1-2H3,(H,15,16)(H,17,18). The minimum Gasteiger partial charge on any atom is -0.368 e. The quantitative estimate of drug-likeness (QED) is 0.846. The van der Waals surface area contributed by atoms with Crippen LogP contribution in [0.3, 0.4) is 0 Å². The van der Waals surface area contributed by atoms with Crippen LogP contribution < -0.4 is 10.6 Å². The molecular formula is C12H17Cl2N3O. The molecule has 0 saturated heterocycles. The number of halogens is 2. The molecule has 6 heteroatoms. The summed E-state index contributed by atoms with van der Waals surface area (Å²) in [5.74, 6) is 0.555. The second-order valence-corrected chi connectivity index (χ2v) is 4.88. The fourth-order valence-electron chi connectivity index (χ4n) is 1.29. The molecule has 0 radical (unpaired) electrons. The van der Waals surface area contributed by atoms with E-state index < -0.39 is 0 Å². The first-order chi connectivity index (χ1) is 8.52. The molecule has 100 valence electrons. The van der Waals surface area contributed by atoms with Crippen molar-refractivity contribution in [2.24, 2.45) is 0 Å². The van der Waals surface area contributed by atoms with Crippen LogP contribution in [0.2, 0.25) is 10.0 Å². The third kappa shape index (κ3) is 5.10. The lowest BCUT2D eigenvalue weighted by atomic mass is 10.2. The Morgan fingerprint density at radius 1 is 1.50 bits per heavy atom. The van der Waals surface area contributed by atoms with E-state index in [1.54, 1.807) is 6.07 Å². The molecule has 0 aromatic carbocycles. The van der Waals surface area contributed by atoms with Crippen molar-refractivity contribution in [1.29, 1.82) is 0 Å². The first kappa shape index (κ1) is 15.1. The van der Waals surface area contributed by atoms with Gasteiger partial charge in [-0.1, -0.05) is 30.1 Å². The molecule has 0 aliphatic rings. The van der Waals surface area contributed by atoms with Crippen molar-refractivity contribution in [1.82, 2.24) is 10.3 Å². The van der Waals surface area contributed by atoms with Gasteiger partial charge in [0, 0.05) is 25.2 Å². The Bertz CT molecular complexity index is 412. The number of carbonyl (C=O) groups is 1. The Hall–Kier alpha value is -1.000. The Balaban J connectivity index is 2.35. The first-order valence-electron chi connectivity index (χ1n) is 5.87. The average Bonchev–Trinajstić information content (AvgIpc) is 2.31. The highest BCUT2D eigenvalue weighted by Crippen LogP contribution is 2.22. The summed E-state index contributed by atoms with van der Waals surface area (Å²) in [5, 5.41) is 6.82. The largest absolute Gasteiger partial charge is 0.368 e. The number of nitrogens with zero attached hydrogens (tertiary/aromatic N) is 1. The van der Waals surface area contributed by atoms with E-state index in [-0.39, 0.29) is 11.9 Å². The first-order valence-corrected chi connectivity index (χ1v) is 6.62. The molecule has 0 fully saturated rings. The summed E-state index contributed by atoms with van der Waals surface area (Å²) in [6, 6.07) is 1.81. The summed E-state index contributed by atoms with van der Waals surface area (Å²) in [6.07, 6.45) is 2.81. The lowest BCUT2D eigenvalue weighted by molar-refractivity contribution is -0.121. The Labute approximate surface area is 117 Å². The highest BCUT2D eigenvalue weighted by atomic mass is 35.5. The molecule has 0 aliphatic carbocycles. The molecule has 1 atom stereocenters. The van der Waals surface area contributed by atoms with Crippen LogP contribution in [0.25, 0.3) is 0 Å². The monoisotopic (exact) mass is 289 g/mol. The molecule has 2 N–H and O–H groups in total. The zero-order chi connectivity index (χ0) is 13.5. The predicted molar refractivity (Wildman–Crippen MR) is 75.3 cm³/mol. The summed E-state index contributed by atoms with van der Waals surface area (Å²) in [6.45, 7) is 4.49. The number of anilines is 1. The Morgan fingerprint density at radius 3 is 2.83 bits per heavy atom. The molecule has 1 amide bonds. The number of hydrogen-bond acceptors (Lipinski definition) is 3. The van der Waals surface area contributed by atoms with Gasteiger partial charge in [0.25, 0.3) is 0 Å². The maximum absolute atomic E-state index is 11.5. The fraction of sp³-hybridized carbons (Fsp3) is 0.500. The van der Waals surface area contributed by atoms with E-state index in [0.717, 1.165) is 6.42 Å². The molecule has 1 aromatic heterocycles. The summed E-state index contributed by atoms with van der Waals surface area (Å²) in [4.78, 5) is 15.6. The number of nitrogens with one attached hydrogen (secondary N) is 2. The number of carbonyl (C=O) groups excluding carboxylic acids is 1. The van der Waals surface area contributed by atoms with Crippen LogP contribution in [0.1, 0.15) is 26.7 Å². The second kappa shape index (κ2) is 7.44. The van der Waals surface area contributed by atoms with E-state index in [1.165, 1.54) is 6.20 Å². The third-order valence-corrected chi connectivity index (χ3v) is 2.97. The summed E-state index contributed by atoms with van der Waals surface area (Å²) >= 11 is 11.7. The van der Waals surface area contributed by atoms with Crippen LogP contribution in [0.4, 0.5) is 5.82 Å². The SMILES string of the molecule is CCC(C)NC(=O)CCNc1ncc(Cl)cc1Cl. The Kier molecular flexibility index (Phi) is 6.22. The van der Waals surface area contributed by atoms with Crippen LogP contribution in [-0.4, -0.2) is 23.5 Å². The van der Waals surface area contributed by atoms with Crippen LogP contribution in [0, 0.1) is 0 Å². The molecule has 1 aromatic rings. The summed E-state index contributed by atoms with van der Waals surface area (Å²) in [5.41, 5.74) is 0. The van der Waals surface area contributed by atoms with Crippen LogP contribution >= 0.6 is 23.2 Å². The maximum Gasteiger partial charge on any atom is 0.221 e. The van der Waals surface area contributed by atoms with Crippen molar-refractivity contribution in [2.75, 3.05) is 11.9 Å². The number of aromatic nitrogens is 1. The molecule has 1 heterocycles. The van der Waals surface area contributed by atoms with Gasteiger partial charge in [-0.3, -0.25) is 4.79 Å². The van der Waals surface area contributed by atoms with E-state index in [9.17, 15) is 4.79 Å². The van der Waals surface area contributed by atoms with Gasteiger partial charge in [0.15, 0.2) is 0 Å². The number of pyridine rings is 1. The van der Waals surface area contributed by atoms with Crippen LogP contribution in [0.15, 0.2) is 12.3 Å². The molecule has 0 aliphatic heterocycles. The molecule has 1 rings (SSSR count). The Morgan fingerprint density at radius 2 is 2.22 bits per heavy atom. The number of hydrogen-bond donors (Lipinski definition) is 2. The summed E-state index contributed by atoms with van der Waals surface area (Å²) < 4.78 is 0. The smallest absolute Gasteiger partial charge is 0.221 e. The topological polar surface area (TPSA) is 54.0 Å². The van der Waals surface area contributed by atoms with Gasteiger partial charge in [0.1, 0.15) is 5.82 Å². The lowest BCUT2D eigenvalue weighted by Crippen LogP contribution is -2.33. The van der Waals surface area contributed by atoms with Gasteiger partial charge in [-0.25, -0.2) is 4.98 Å². The fourth-order valence-corrected chi connectivity index (χ4v) is 1.74. The minimum atomic E-state index is 0.0157. The number of amides is 1. The van der Waals surface area contributed by atoms with Crippen molar-refractivity contribution in [3.63, 3.8) is 0 Å². The highest BCUT2D eigenvalue weighted by molar-refractivity contribution is 6.35. The van der Waals surface area contributed by atoms with Crippen molar-refractivity contribution < 1.29 is 4.79 Å². The van der Waals surface area contributed by atoms with E-state index in [1.807, 2.05) is 13.8 Å². The van der Waals surface area contributed by atoms with Gasteiger partial charge in [-0.2, -0.15) is 0 Å². The molecular weight excluding hydrogens is 273 g/mol. The van der Waals surface area contributed by atoms with Gasteiger partial charge in [-0.15, -0.1) is 0 Å².